The minimum absolute atomic E-state index is 0.0706. The molecule has 1 unspecified atom stereocenters. The number of carbonyl (C=O) groups excluding carboxylic acids is 2. The molecule has 0 aliphatic rings. The number of halogens is 1. The van der Waals surface area contributed by atoms with E-state index in [1.807, 2.05) is 13.8 Å². The zero-order valence-electron chi connectivity index (χ0n) is 14.8. The molecule has 1 aromatic heterocycles. The van der Waals surface area contributed by atoms with Gasteiger partial charge in [-0.2, -0.15) is 5.10 Å². The molecule has 0 bridgehead atoms. The van der Waals surface area contributed by atoms with E-state index in [-0.39, 0.29) is 18.4 Å². The Morgan fingerprint density at radius 3 is 2.58 bits per heavy atom. The Kier molecular flexibility index (Phi) is 6.93. The zero-order valence-corrected chi connectivity index (χ0v) is 16.4. The molecule has 0 aliphatic heterocycles. The Hall–Kier alpha value is -2.19. The summed E-state index contributed by atoms with van der Waals surface area (Å²) in [4.78, 5) is 24.3. The highest BCUT2D eigenvalue weighted by Gasteiger charge is 2.23. The number of carbonyl (C=O) groups is 2. The van der Waals surface area contributed by atoms with Gasteiger partial charge in [-0.15, -0.1) is 0 Å². The molecule has 1 amide bonds. The smallest absolute Gasteiger partial charge is 0.328 e. The summed E-state index contributed by atoms with van der Waals surface area (Å²) in [6.07, 6.45) is 0.485. The van der Waals surface area contributed by atoms with Crippen LogP contribution in [-0.4, -0.2) is 39.8 Å². The maximum absolute atomic E-state index is 12.5. The summed E-state index contributed by atoms with van der Waals surface area (Å²) >= 11 is 11.1. The Bertz CT molecular complexity index is 829. The van der Waals surface area contributed by atoms with Gasteiger partial charge in [-0.3, -0.25) is 14.5 Å². The lowest BCUT2D eigenvalue weighted by Gasteiger charge is -2.18. The van der Waals surface area contributed by atoms with Crippen LogP contribution in [-0.2, 0) is 20.9 Å². The van der Waals surface area contributed by atoms with Gasteiger partial charge in [-0.05, 0) is 48.8 Å². The average molecular weight is 397 g/mol. The van der Waals surface area contributed by atoms with Crippen molar-refractivity contribution in [3.05, 3.63) is 34.1 Å². The molecule has 0 saturated carbocycles. The standard InChI is InChI=1S/C17H21ClN4O3S/c1-10(2)8-13(16(24)25-3)19-14(23)9-22-15(20-21-17(22)26)11-4-6-12(18)7-5-11/h4-7,10,13H,8-9H2,1-3H3,(H,19,23)(H,21,26). The van der Waals surface area contributed by atoms with E-state index in [4.69, 9.17) is 28.6 Å². The summed E-state index contributed by atoms with van der Waals surface area (Å²) < 4.78 is 6.64. The number of esters is 1. The number of nitrogens with one attached hydrogen (secondary N) is 2. The van der Waals surface area contributed by atoms with Crippen LogP contribution in [0.2, 0.25) is 5.02 Å². The van der Waals surface area contributed by atoms with Crippen molar-refractivity contribution in [2.75, 3.05) is 7.11 Å². The molecule has 140 valence electrons. The molecule has 0 saturated heterocycles. The van der Waals surface area contributed by atoms with Crippen molar-refractivity contribution in [1.29, 1.82) is 0 Å². The molecule has 9 heteroatoms. The Morgan fingerprint density at radius 2 is 2.00 bits per heavy atom. The van der Waals surface area contributed by atoms with E-state index < -0.39 is 12.0 Å². The van der Waals surface area contributed by atoms with Gasteiger partial charge in [0, 0.05) is 10.6 Å². The first-order chi connectivity index (χ1) is 12.3. The minimum atomic E-state index is -0.701. The summed E-state index contributed by atoms with van der Waals surface area (Å²) in [5, 5.41) is 10.2. The van der Waals surface area contributed by atoms with Crippen molar-refractivity contribution in [2.24, 2.45) is 5.92 Å². The number of aromatic amines is 1. The third-order valence-electron chi connectivity index (χ3n) is 3.69. The van der Waals surface area contributed by atoms with Gasteiger partial charge >= 0.3 is 5.97 Å². The number of methoxy groups -OCH3 is 1. The third kappa shape index (κ3) is 5.15. The van der Waals surface area contributed by atoms with Gasteiger partial charge in [0.15, 0.2) is 10.6 Å². The Morgan fingerprint density at radius 1 is 1.35 bits per heavy atom. The second kappa shape index (κ2) is 8.95. The van der Waals surface area contributed by atoms with Crippen molar-refractivity contribution < 1.29 is 14.3 Å². The van der Waals surface area contributed by atoms with Gasteiger partial charge in [0.25, 0.3) is 0 Å². The third-order valence-corrected chi connectivity index (χ3v) is 4.25. The van der Waals surface area contributed by atoms with Gasteiger partial charge in [0.2, 0.25) is 5.91 Å². The van der Waals surface area contributed by atoms with E-state index in [1.54, 1.807) is 28.8 Å². The number of ether oxygens (including phenoxy) is 1. The molecular formula is C17H21ClN4O3S. The molecule has 2 rings (SSSR count). The van der Waals surface area contributed by atoms with Crippen LogP contribution in [0.5, 0.6) is 0 Å². The van der Waals surface area contributed by atoms with E-state index >= 15 is 0 Å². The number of hydrogen-bond donors (Lipinski definition) is 2. The number of nitrogens with zero attached hydrogens (tertiary/aromatic N) is 2. The van der Waals surface area contributed by atoms with Crippen LogP contribution in [0.25, 0.3) is 11.4 Å². The SMILES string of the molecule is COC(=O)C(CC(C)C)NC(=O)Cn1c(-c2ccc(Cl)cc2)n[nH]c1=S. The van der Waals surface area contributed by atoms with Crippen LogP contribution in [0.15, 0.2) is 24.3 Å². The number of rotatable bonds is 7. The van der Waals surface area contributed by atoms with Gasteiger partial charge < -0.3 is 10.1 Å². The fourth-order valence-electron chi connectivity index (χ4n) is 2.50. The highest BCUT2D eigenvalue weighted by Crippen LogP contribution is 2.20. The number of hydrogen-bond acceptors (Lipinski definition) is 5. The first-order valence-corrected chi connectivity index (χ1v) is 8.88. The van der Waals surface area contributed by atoms with Crippen molar-refractivity contribution in [3.8, 4) is 11.4 Å². The van der Waals surface area contributed by atoms with Gasteiger partial charge in [-0.25, -0.2) is 4.79 Å². The molecule has 26 heavy (non-hydrogen) atoms. The number of amides is 1. The molecule has 0 aliphatic carbocycles. The zero-order chi connectivity index (χ0) is 19.3. The monoisotopic (exact) mass is 396 g/mol. The quantitative estimate of drug-likeness (QED) is 0.554. The average Bonchev–Trinajstić information content (AvgIpc) is 2.94. The lowest BCUT2D eigenvalue weighted by Crippen LogP contribution is -2.43. The van der Waals surface area contributed by atoms with Gasteiger partial charge in [-0.1, -0.05) is 25.4 Å². The number of aromatic nitrogens is 3. The van der Waals surface area contributed by atoms with Gasteiger partial charge in [0.05, 0.1) is 7.11 Å². The summed E-state index contributed by atoms with van der Waals surface area (Å²) in [6.45, 7) is 3.86. The second-order valence-electron chi connectivity index (χ2n) is 6.22. The fourth-order valence-corrected chi connectivity index (χ4v) is 2.82. The van der Waals surface area contributed by atoms with E-state index in [1.165, 1.54) is 7.11 Å². The minimum Gasteiger partial charge on any atom is -0.467 e. The Labute approximate surface area is 161 Å². The molecule has 7 nitrogen and oxygen atoms in total. The summed E-state index contributed by atoms with van der Waals surface area (Å²) in [5.74, 6) is -0.0880. The van der Waals surface area contributed by atoms with E-state index in [2.05, 4.69) is 15.5 Å². The second-order valence-corrected chi connectivity index (χ2v) is 7.04. The fraction of sp³-hybridized carbons (Fsp3) is 0.412. The van der Waals surface area contributed by atoms with Crippen molar-refractivity contribution in [3.63, 3.8) is 0 Å². The van der Waals surface area contributed by atoms with Crippen LogP contribution < -0.4 is 5.32 Å². The van der Waals surface area contributed by atoms with Crippen LogP contribution in [0.3, 0.4) is 0 Å². The van der Waals surface area contributed by atoms with Gasteiger partial charge in [0.1, 0.15) is 12.6 Å². The largest absolute Gasteiger partial charge is 0.467 e. The number of benzene rings is 1. The number of H-pyrrole nitrogens is 1. The molecule has 0 radical (unpaired) electrons. The summed E-state index contributed by atoms with van der Waals surface area (Å²) in [6, 6.07) is 6.34. The van der Waals surface area contributed by atoms with Crippen LogP contribution >= 0.6 is 23.8 Å². The normalized spacial score (nSPS) is 12.0. The first-order valence-electron chi connectivity index (χ1n) is 8.10. The van der Waals surface area contributed by atoms with Crippen molar-refractivity contribution in [1.82, 2.24) is 20.1 Å². The van der Waals surface area contributed by atoms with Crippen LogP contribution in [0, 0.1) is 10.7 Å². The van der Waals surface area contributed by atoms with Crippen LogP contribution in [0.1, 0.15) is 20.3 Å². The molecule has 0 spiro atoms. The Balaban J connectivity index is 2.18. The molecule has 1 aromatic carbocycles. The molecule has 2 aromatic rings. The predicted octanol–water partition coefficient (Wildman–Crippen LogP) is 2.96. The van der Waals surface area contributed by atoms with Crippen LogP contribution in [0.4, 0.5) is 0 Å². The molecular weight excluding hydrogens is 376 g/mol. The molecule has 0 fully saturated rings. The summed E-state index contributed by atoms with van der Waals surface area (Å²) in [5.41, 5.74) is 0.765. The topological polar surface area (TPSA) is 89.0 Å². The predicted molar refractivity (Wildman–Crippen MR) is 101 cm³/mol. The van der Waals surface area contributed by atoms with Crippen molar-refractivity contribution >= 4 is 35.7 Å². The molecule has 1 heterocycles. The lowest BCUT2D eigenvalue weighted by molar-refractivity contribution is -0.145. The first kappa shape index (κ1) is 20.1. The maximum atomic E-state index is 12.5. The maximum Gasteiger partial charge on any atom is 0.328 e. The lowest BCUT2D eigenvalue weighted by atomic mass is 10.0. The van der Waals surface area contributed by atoms with E-state index in [9.17, 15) is 9.59 Å². The molecule has 2 N–H and O–H groups in total. The molecule has 1 atom stereocenters. The van der Waals surface area contributed by atoms with Crippen molar-refractivity contribution in [2.45, 2.75) is 32.9 Å². The van der Waals surface area contributed by atoms with E-state index in [0.29, 0.717) is 22.0 Å². The highest BCUT2D eigenvalue weighted by molar-refractivity contribution is 7.71. The summed E-state index contributed by atoms with van der Waals surface area (Å²) in [7, 11) is 1.30. The highest BCUT2D eigenvalue weighted by atomic mass is 35.5. The van der Waals surface area contributed by atoms with E-state index in [0.717, 1.165) is 5.56 Å².